The first-order valence-corrected chi connectivity index (χ1v) is 8.45. The molecule has 1 aliphatic carbocycles. The largest absolute Gasteiger partial charge is 0.392 e. The lowest BCUT2D eigenvalue weighted by Gasteiger charge is -2.22. The van der Waals surface area contributed by atoms with E-state index in [1.54, 1.807) is 24.3 Å². The molecule has 1 aromatic rings. The lowest BCUT2D eigenvalue weighted by atomic mass is 9.91. The van der Waals surface area contributed by atoms with Crippen LogP contribution in [-0.2, 0) is 16.6 Å². The smallest absolute Gasteiger partial charge is 0.233 e. The van der Waals surface area contributed by atoms with Gasteiger partial charge in [-0.3, -0.25) is 4.72 Å². The van der Waals surface area contributed by atoms with Crippen molar-refractivity contribution in [1.29, 1.82) is 0 Å². The first-order valence-electron chi connectivity index (χ1n) is 6.80. The standard InChI is InChI=1S/C14H21NO3S/c16-10-13-8-4-5-9-14(13)15-19(17,18)11-12-6-2-1-3-7-12/h4-5,8-9,12,15-16H,1-3,6-7,10-11H2. The monoisotopic (exact) mass is 283 g/mol. The zero-order valence-electron chi connectivity index (χ0n) is 11.0. The highest BCUT2D eigenvalue weighted by atomic mass is 32.2. The number of anilines is 1. The number of benzene rings is 1. The van der Waals surface area contributed by atoms with Crippen LogP contribution in [0, 0.1) is 5.92 Å². The number of aliphatic hydroxyl groups is 1. The number of hydrogen-bond donors (Lipinski definition) is 2. The van der Waals surface area contributed by atoms with Crippen molar-refractivity contribution in [3.05, 3.63) is 29.8 Å². The second-order valence-electron chi connectivity index (χ2n) is 5.20. The maximum Gasteiger partial charge on any atom is 0.233 e. The molecule has 2 rings (SSSR count). The van der Waals surface area contributed by atoms with E-state index in [0.29, 0.717) is 11.3 Å². The van der Waals surface area contributed by atoms with Crippen molar-refractivity contribution in [2.24, 2.45) is 5.92 Å². The lowest BCUT2D eigenvalue weighted by molar-refractivity contribution is 0.282. The topological polar surface area (TPSA) is 66.4 Å². The van der Waals surface area contributed by atoms with Gasteiger partial charge in [0.1, 0.15) is 0 Å². The van der Waals surface area contributed by atoms with E-state index in [1.807, 2.05) is 0 Å². The number of rotatable bonds is 5. The Bertz CT molecular complexity index is 507. The van der Waals surface area contributed by atoms with Crippen LogP contribution in [0.25, 0.3) is 0 Å². The molecule has 5 heteroatoms. The van der Waals surface area contributed by atoms with Gasteiger partial charge in [0, 0.05) is 5.56 Å². The van der Waals surface area contributed by atoms with Gasteiger partial charge in [-0.25, -0.2) is 8.42 Å². The minimum atomic E-state index is -3.33. The molecule has 1 fully saturated rings. The van der Waals surface area contributed by atoms with E-state index >= 15 is 0 Å². The molecular weight excluding hydrogens is 262 g/mol. The molecule has 0 unspecified atom stereocenters. The van der Waals surface area contributed by atoms with Crippen LogP contribution in [0.15, 0.2) is 24.3 Å². The van der Waals surface area contributed by atoms with Crippen molar-refractivity contribution < 1.29 is 13.5 Å². The molecule has 0 aromatic heterocycles. The van der Waals surface area contributed by atoms with Crippen molar-refractivity contribution in [2.75, 3.05) is 10.5 Å². The maximum absolute atomic E-state index is 12.1. The average molecular weight is 283 g/mol. The van der Waals surface area contributed by atoms with Crippen LogP contribution in [0.3, 0.4) is 0 Å². The van der Waals surface area contributed by atoms with Crippen molar-refractivity contribution >= 4 is 15.7 Å². The van der Waals surface area contributed by atoms with Gasteiger partial charge in [-0.15, -0.1) is 0 Å². The Hall–Kier alpha value is -1.07. The fourth-order valence-electron chi connectivity index (χ4n) is 2.63. The van der Waals surface area contributed by atoms with Gasteiger partial charge in [0.15, 0.2) is 0 Å². The van der Waals surface area contributed by atoms with Crippen LogP contribution in [0.4, 0.5) is 5.69 Å². The second-order valence-corrected chi connectivity index (χ2v) is 6.97. The van der Waals surface area contributed by atoms with Crippen LogP contribution in [0.2, 0.25) is 0 Å². The molecule has 2 N–H and O–H groups in total. The summed E-state index contributed by atoms with van der Waals surface area (Å²) in [6.45, 7) is -0.165. The molecule has 0 aliphatic heterocycles. The SMILES string of the molecule is O=S(=O)(CC1CCCCC1)Nc1ccccc1CO. The molecule has 0 amide bonds. The van der Waals surface area contributed by atoms with E-state index in [4.69, 9.17) is 0 Å². The fourth-order valence-corrected chi connectivity index (χ4v) is 4.20. The van der Waals surface area contributed by atoms with Gasteiger partial charge in [-0.05, 0) is 24.8 Å². The lowest BCUT2D eigenvalue weighted by Crippen LogP contribution is -2.24. The number of para-hydroxylation sites is 1. The van der Waals surface area contributed by atoms with E-state index in [2.05, 4.69) is 4.72 Å². The maximum atomic E-state index is 12.1. The molecule has 19 heavy (non-hydrogen) atoms. The summed E-state index contributed by atoms with van der Waals surface area (Å²) in [5.41, 5.74) is 1.09. The number of sulfonamides is 1. The van der Waals surface area contributed by atoms with Crippen molar-refractivity contribution in [3.63, 3.8) is 0 Å². The summed E-state index contributed by atoms with van der Waals surface area (Å²) in [7, 11) is -3.33. The van der Waals surface area contributed by atoms with Crippen molar-refractivity contribution in [3.8, 4) is 0 Å². The van der Waals surface area contributed by atoms with E-state index in [-0.39, 0.29) is 18.3 Å². The third-order valence-corrected chi connectivity index (χ3v) is 5.07. The number of hydrogen-bond acceptors (Lipinski definition) is 3. The predicted octanol–water partition coefficient (Wildman–Crippen LogP) is 2.50. The van der Waals surface area contributed by atoms with Gasteiger partial charge in [0.25, 0.3) is 0 Å². The summed E-state index contributed by atoms with van der Waals surface area (Å²) < 4.78 is 26.9. The minimum absolute atomic E-state index is 0.165. The summed E-state index contributed by atoms with van der Waals surface area (Å²) in [5, 5.41) is 9.20. The Labute approximate surface area is 114 Å². The van der Waals surface area contributed by atoms with E-state index in [9.17, 15) is 13.5 Å². The molecule has 0 atom stereocenters. The molecule has 1 aromatic carbocycles. The van der Waals surface area contributed by atoms with Crippen LogP contribution in [-0.4, -0.2) is 19.3 Å². The molecule has 0 heterocycles. The molecule has 4 nitrogen and oxygen atoms in total. The highest BCUT2D eigenvalue weighted by Gasteiger charge is 2.21. The number of nitrogens with one attached hydrogen (secondary N) is 1. The summed E-state index contributed by atoms with van der Waals surface area (Å²) in [4.78, 5) is 0. The second kappa shape index (κ2) is 6.39. The number of aliphatic hydroxyl groups excluding tert-OH is 1. The summed E-state index contributed by atoms with van der Waals surface area (Å²) in [5.74, 6) is 0.458. The minimum Gasteiger partial charge on any atom is -0.392 e. The molecule has 106 valence electrons. The van der Waals surface area contributed by atoms with Gasteiger partial charge >= 0.3 is 0 Å². The fraction of sp³-hybridized carbons (Fsp3) is 0.571. The van der Waals surface area contributed by atoms with Crippen LogP contribution in [0.5, 0.6) is 0 Å². The Morgan fingerprint density at radius 3 is 2.53 bits per heavy atom. The van der Waals surface area contributed by atoms with Crippen LogP contribution in [0.1, 0.15) is 37.7 Å². The Morgan fingerprint density at radius 1 is 1.16 bits per heavy atom. The van der Waals surface area contributed by atoms with E-state index < -0.39 is 10.0 Å². The molecule has 0 radical (unpaired) electrons. The van der Waals surface area contributed by atoms with Crippen molar-refractivity contribution in [1.82, 2.24) is 0 Å². The highest BCUT2D eigenvalue weighted by molar-refractivity contribution is 7.92. The van der Waals surface area contributed by atoms with E-state index in [0.717, 1.165) is 25.7 Å². The first-order chi connectivity index (χ1) is 9.11. The Balaban J connectivity index is 2.03. The van der Waals surface area contributed by atoms with Gasteiger partial charge in [0.2, 0.25) is 10.0 Å². The molecular formula is C14H21NO3S. The average Bonchev–Trinajstić information content (AvgIpc) is 2.39. The Kier molecular flexibility index (Phi) is 4.82. The normalized spacial score (nSPS) is 17.3. The summed E-state index contributed by atoms with van der Waals surface area (Å²) >= 11 is 0. The zero-order chi connectivity index (χ0) is 13.7. The third kappa shape index (κ3) is 4.21. The van der Waals surface area contributed by atoms with E-state index in [1.165, 1.54) is 6.42 Å². The van der Waals surface area contributed by atoms with Crippen LogP contribution < -0.4 is 4.72 Å². The Morgan fingerprint density at radius 2 is 1.84 bits per heavy atom. The van der Waals surface area contributed by atoms with Gasteiger partial charge in [-0.1, -0.05) is 37.5 Å². The quantitative estimate of drug-likeness (QED) is 0.872. The first kappa shape index (κ1) is 14.3. The molecule has 0 bridgehead atoms. The molecule has 1 saturated carbocycles. The predicted molar refractivity (Wildman–Crippen MR) is 76.3 cm³/mol. The van der Waals surface area contributed by atoms with Gasteiger partial charge < -0.3 is 5.11 Å². The molecule has 1 aliphatic rings. The van der Waals surface area contributed by atoms with Crippen LogP contribution >= 0.6 is 0 Å². The zero-order valence-corrected chi connectivity index (χ0v) is 11.8. The third-order valence-electron chi connectivity index (χ3n) is 3.63. The molecule has 0 spiro atoms. The molecule has 0 saturated heterocycles. The summed E-state index contributed by atoms with van der Waals surface area (Å²) in [6, 6.07) is 6.95. The highest BCUT2D eigenvalue weighted by Crippen LogP contribution is 2.26. The van der Waals surface area contributed by atoms with Gasteiger partial charge in [0.05, 0.1) is 18.0 Å². The van der Waals surface area contributed by atoms with Crippen molar-refractivity contribution in [2.45, 2.75) is 38.7 Å². The van der Waals surface area contributed by atoms with Gasteiger partial charge in [-0.2, -0.15) is 0 Å². The summed E-state index contributed by atoms with van der Waals surface area (Å²) in [6.07, 6.45) is 5.49.